The monoisotopic (exact) mass is 267 g/mol. The van der Waals surface area contributed by atoms with E-state index in [0.29, 0.717) is 11.9 Å². The van der Waals surface area contributed by atoms with E-state index in [-0.39, 0.29) is 11.5 Å². The van der Waals surface area contributed by atoms with Crippen molar-refractivity contribution in [1.82, 2.24) is 15.5 Å². The number of nitrogens with zero attached hydrogens (tertiary/aromatic N) is 2. The highest BCUT2D eigenvalue weighted by Gasteiger charge is 2.23. The quantitative estimate of drug-likeness (QED) is 0.850. The third-order valence-electron chi connectivity index (χ3n) is 3.19. The van der Waals surface area contributed by atoms with Crippen LogP contribution >= 0.6 is 0 Å². The Morgan fingerprint density at radius 1 is 1.11 bits per heavy atom. The van der Waals surface area contributed by atoms with Gasteiger partial charge in [0.2, 0.25) is 5.89 Å². The number of hydrogen-bond acceptors (Lipinski definition) is 4. The molecule has 0 aromatic carbocycles. The summed E-state index contributed by atoms with van der Waals surface area (Å²) in [6, 6.07) is 0.563. The lowest BCUT2D eigenvalue weighted by atomic mass is 9.96. The summed E-state index contributed by atoms with van der Waals surface area (Å²) in [6.45, 7) is 15.1. The number of rotatable bonds is 6. The molecule has 2 unspecified atom stereocenters. The van der Waals surface area contributed by atoms with Gasteiger partial charge in [-0.3, -0.25) is 0 Å². The van der Waals surface area contributed by atoms with Gasteiger partial charge in [0.1, 0.15) is 0 Å². The summed E-state index contributed by atoms with van der Waals surface area (Å²) in [4.78, 5) is 4.49. The standard InChI is InChI=1S/C15H29N3O/c1-10(2)8-9-11(3)16-12(4)13-17-14(18-19-13)15(5,6)7/h10-12,16H,8-9H2,1-7H3. The Bertz CT molecular complexity index is 379. The molecule has 1 rings (SSSR count). The van der Waals surface area contributed by atoms with Gasteiger partial charge < -0.3 is 9.84 Å². The van der Waals surface area contributed by atoms with Crippen molar-refractivity contribution in [3.8, 4) is 0 Å². The van der Waals surface area contributed by atoms with Crippen LogP contribution in [0.3, 0.4) is 0 Å². The third-order valence-corrected chi connectivity index (χ3v) is 3.19. The van der Waals surface area contributed by atoms with Gasteiger partial charge in [-0.25, -0.2) is 0 Å². The highest BCUT2D eigenvalue weighted by molar-refractivity contribution is 5.01. The van der Waals surface area contributed by atoms with E-state index in [1.807, 2.05) is 0 Å². The molecule has 0 aliphatic heterocycles. The van der Waals surface area contributed by atoms with Crippen molar-refractivity contribution >= 4 is 0 Å². The number of hydrogen-bond donors (Lipinski definition) is 1. The molecule has 1 aromatic rings. The first-order valence-electron chi connectivity index (χ1n) is 7.30. The number of aromatic nitrogens is 2. The Morgan fingerprint density at radius 3 is 2.21 bits per heavy atom. The van der Waals surface area contributed by atoms with E-state index in [0.717, 1.165) is 11.7 Å². The fraction of sp³-hybridized carbons (Fsp3) is 0.867. The van der Waals surface area contributed by atoms with Crippen LogP contribution in [0.2, 0.25) is 0 Å². The second kappa shape index (κ2) is 6.51. The van der Waals surface area contributed by atoms with Crippen molar-refractivity contribution in [2.24, 2.45) is 5.92 Å². The fourth-order valence-electron chi connectivity index (χ4n) is 1.88. The molecule has 0 bridgehead atoms. The number of nitrogens with one attached hydrogen (secondary N) is 1. The topological polar surface area (TPSA) is 51.0 Å². The smallest absolute Gasteiger partial charge is 0.243 e. The predicted molar refractivity (Wildman–Crippen MR) is 78.1 cm³/mol. The van der Waals surface area contributed by atoms with E-state index in [9.17, 15) is 0 Å². The van der Waals surface area contributed by atoms with Gasteiger partial charge in [-0.15, -0.1) is 0 Å². The second-order valence-electron chi connectivity index (χ2n) is 6.97. The molecule has 4 nitrogen and oxygen atoms in total. The molecule has 1 heterocycles. The maximum atomic E-state index is 5.36. The molecule has 0 radical (unpaired) electrons. The molecular formula is C15H29N3O. The highest BCUT2D eigenvalue weighted by Crippen LogP contribution is 2.21. The molecule has 1 N–H and O–H groups in total. The molecule has 0 aliphatic rings. The van der Waals surface area contributed by atoms with Gasteiger partial charge in [-0.05, 0) is 32.6 Å². The Labute approximate surface area is 117 Å². The zero-order valence-corrected chi connectivity index (χ0v) is 13.4. The van der Waals surface area contributed by atoms with Crippen LogP contribution < -0.4 is 5.32 Å². The van der Waals surface area contributed by atoms with Gasteiger partial charge in [0, 0.05) is 11.5 Å². The summed E-state index contributed by atoms with van der Waals surface area (Å²) in [5, 5.41) is 7.58. The van der Waals surface area contributed by atoms with Crippen molar-refractivity contribution in [2.75, 3.05) is 0 Å². The molecule has 0 aliphatic carbocycles. The Kier molecular flexibility index (Phi) is 5.53. The first-order chi connectivity index (χ1) is 8.70. The molecular weight excluding hydrogens is 238 g/mol. The van der Waals surface area contributed by atoms with Crippen molar-refractivity contribution in [3.63, 3.8) is 0 Å². The molecule has 4 heteroatoms. The molecule has 2 atom stereocenters. The molecule has 1 aromatic heterocycles. The summed E-state index contributed by atoms with van der Waals surface area (Å²) < 4.78 is 5.36. The van der Waals surface area contributed by atoms with E-state index in [1.165, 1.54) is 12.8 Å². The lowest BCUT2D eigenvalue weighted by molar-refractivity contribution is 0.313. The van der Waals surface area contributed by atoms with Crippen LogP contribution in [0.5, 0.6) is 0 Å². The summed E-state index contributed by atoms with van der Waals surface area (Å²) >= 11 is 0. The van der Waals surface area contributed by atoms with Crippen LogP contribution in [0.25, 0.3) is 0 Å². The van der Waals surface area contributed by atoms with Crippen molar-refractivity contribution in [2.45, 2.75) is 78.8 Å². The molecule has 0 amide bonds. The second-order valence-corrected chi connectivity index (χ2v) is 6.97. The van der Waals surface area contributed by atoms with Crippen LogP contribution in [-0.2, 0) is 5.41 Å². The fourth-order valence-corrected chi connectivity index (χ4v) is 1.88. The minimum absolute atomic E-state index is 0.0648. The molecule has 0 fully saturated rings. The summed E-state index contributed by atoms with van der Waals surface area (Å²) in [5.41, 5.74) is -0.0648. The zero-order chi connectivity index (χ0) is 14.6. The van der Waals surface area contributed by atoms with Crippen molar-refractivity contribution in [3.05, 3.63) is 11.7 Å². The summed E-state index contributed by atoms with van der Waals surface area (Å²) in [7, 11) is 0. The molecule has 19 heavy (non-hydrogen) atoms. The zero-order valence-electron chi connectivity index (χ0n) is 13.4. The average molecular weight is 267 g/mol. The lowest BCUT2D eigenvalue weighted by Crippen LogP contribution is -2.29. The largest absolute Gasteiger partial charge is 0.338 e. The van der Waals surface area contributed by atoms with Crippen LogP contribution in [0.4, 0.5) is 0 Å². The van der Waals surface area contributed by atoms with Gasteiger partial charge in [0.25, 0.3) is 0 Å². The van der Waals surface area contributed by atoms with Crippen LogP contribution in [-0.4, -0.2) is 16.2 Å². The van der Waals surface area contributed by atoms with E-state index in [4.69, 9.17) is 4.52 Å². The molecule has 0 saturated heterocycles. The van der Waals surface area contributed by atoms with Gasteiger partial charge in [0.15, 0.2) is 5.82 Å². The first-order valence-corrected chi connectivity index (χ1v) is 7.30. The highest BCUT2D eigenvalue weighted by atomic mass is 16.5. The van der Waals surface area contributed by atoms with Gasteiger partial charge >= 0.3 is 0 Å². The van der Waals surface area contributed by atoms with E-state index in [2.05, 4.69) is 63.9 Å². The Balaban J connectivity index is 2.53. The van der Waals surface area contributed by atoms with E-state index in [1.54, 1.807) is 0 Å². The SMILES string of the molecule is CC(C)CCC(C)NC(C)c1nc(C(C)(C)C)no1. The maximum Gasteiger partial charge on any atom is 0.243 e. The first kappa shape index (κ1) is 16.2. The van der Waals surface area contributed by atoms with E-state index >= 15 is 0 Å². The minimum atomic E-state index is -0.0648. The van der Waals surface area contributed by atoms with Crippen LogP contribution in [0, 0.1) is 5.92 Å². The normalized spacial score (nSPS) is 15.8. The minimum Gasteiger partial charge on any atom is -0.338 e. The van der Waals surface area contributed by atoms with Gasteiger partial charge in [-0.2, -0.15) is 4.98 Å². The van der Waals surface area contributed by atoms with Gasteiger partial charge in [0.05, 0.1) is 6.04 Å². The van der Waals surface area contributed by atoms with E-state index < -0.39 is 0 Å². The molecule has 110 valence electrons. The average Bonchev–Trinajstić information content (AvgIpc) is 2.75. The van der Waals surface area contributed by atoms with Gasteiger partial charge in [-0.1, -0.05) is 39.8 Å². The molecule has 0 spiro atoms. The Morgan fingerprint density at radius 2 is 1.74 bits per heavy atom. The van der Waals surface area contributed by atoms with Crippen LogP contribution in [0.15, 0.2) is 4.52 Å². The molecule has 0 saturated carbocycles. The third kappa shape index (κ3) is 5.31. The summed E-state index contributed by atoms with van der Waals surface area (Å²) in [5.74, 6) is 2.20. The van der Waals surface area contributed by atoms with Crippen molar-refractivity contribution in [1.29, 1.82) is 0 Å². The predicted octanol–water partition coefficient (Wildman–Crippen LogP) is 3.84. The van der Waals surface area contributed by atoms with Crippen molar-refractivity contribution < 1.29 is 4.52 Å². The Hall–Kier alpha value is -0.900. The summed E-state index contributed by atoms with van der Waals surface area (Å²) in [6.07, 6.45) is 2.40. The van der Waals surface area contributed by atoms with Crippen LogP contribution in [0.1, 0.15) is 79.1 Å². The lowest BCUT2D eigenvalue weighted by Gasteiger charge is -2.18. The maximum absolute atomic E-state index is 5.36.